The number of nitrogens with two attached hydrogens (primary N) is 1. The van der Waals surface area contributed by atoms with Crippen molar-refractivity contribution in [3.63, 3.8) is 0 Å². The van der Waals surface area contributed by atoms with Crippen molar-refractivity contribution in [1.82, 2.24) is 0 Å². The minimum Gasteiger partial charge on any atom is -0.323 e. The monoisotopic (exact) mass is 279 g/mol. The number of hydrogen-bond donors (Lipinski definition) is 1. The molecule has 0 bridgehead atoms. The Hall–Kier alpha value is -1.39. The largest absolute Gasteiger partial charge is 0.323 e. The Morgan fingerprint density at radius 1 is 1.05 bits per heavy atom. The van der Waals surface area contributed by atoms with Crippen LogP contribution in [0.25, 0.3) is 0 Å². The molecule has 2 aromatic rings. The van der Waals surface area contributed by atoms with Crippen LogP contribution in [-0.4, -0.2) is 5.75 Å². The molecule has 100 valence electrons. The summed E-state index contributed by atoms with van der Waals surface area (Å²) in [5, 5.41) is 0. The van der Waals surface area contributed by atoms with Gasteiger partial charge in [-0.2, -0.15) is 11.8 Å². The molecule has 0 radical (unpaired) electrons. The average molecular weight is 279 g/mol. The summed E-state index contributed by atoms with van der Waals surface area (Å²) in [5.41, 5.74) is 7.50. The van der Waals surface area contributed by atoms with Crippen molar-refractivity contribution in [3.05, 3.63) is 71.3 Å². The van der Waals surface area contributed by atoms with Gasteiger partial charge in [0, 0.05) is 29.2 Å². The molecule has 0 saturated carbocycles. The standard InChI is InChI=1S/C15H15F2NS/c16-12-6-7-13(14(17)8-12)15(18)10-19-9-11-4-2-1-3-5-11/h1-8,15H,9-10,18H2. The summed E-state index contributed by atoms with van der Waals surface area (Å²) in [5.74, 6) is 0.271. The van der Waals surface area contributed by atoms with E-state index in [0.717, 1.165) is 11.8 Å². The lowest BCUT2D eigenvalue weighted by atomic mass is 10.1. The zero-order chi connectivity index (χ0) is 13.7. The van der Waals surface area contributed by atoms with E-state index in [4.69, 9.17) is 5.73 Å². The molecule has 0 heterocycles. The summed E-state index contributed by atoms with van der Waals surface area (Å²) in [7, 11) is 0. The second-order valence-electron chi connectivity index (χ2n) is 4.27. The molecule has 4 heteroatoms. The van der Waals surface area contributed by atoms with E-state index < -0.39 is 17.7 Å². The summed E-state index contributed by atoms with van der Waals surface area (Å²) in [6.45, 7) is 0. The van der Waals surface area contributed by atoms with Crippen LogP contribution < -0.4 is 5.73 Å². The lowest BCUT2D eigenvalue weighted by Crippen LogP contribution is -2.15. The first-order valence-electron chi connectivity index (χ1n) is 5.99. The third-order valence-electron chi connectivity index (χ3n) is 2.77. The average Bonchev–Trinajstić information content (AvgIpc) is 2.39. The Morgan fingerprint density at radius 2 is 1.79 bits per heavy atom. The molecule has 0 aliphatic heterocycles. The maximum Gasteiger partial charge on any atom is 0.130 e. The molecule has 0 aliphatic carbocycles. The Bertz CT molecular complexity index is 531. The van der Waals surface area contributed by atoms with Crippen LogP contribution in [0.4, 0.5) is 8.78 Å². The SMILES string of the molecule is NC(CSCc1ccccc1)c1ccc(F)cc1F. The highest BCUT2D eigenvalue weighted by atomic mass is 32.2. The van der Waals surface area contributed by atoms with E-state index in [9.17, 15) is 8.78 Å². The van der Waals surface area contributed by atoms with E-state index in [-0.39, 0.29) is 0 Å². The maximum absolute atomic E-state index is 13.5. The van der Waals surface area contributed by atoms with Crippen LogP contribution in [0.5, 0.6) is 0 Å². The zero-order valence-electron chi connectivity index (χ0n) is 10.4. The van der Waals surface area contributed by atoms with Gasteiger partial charge in [0.25, 0.3) is 0 Å². The molecular weight excluding hydrogens is 264 g/mol. The lowest BCUT2D eigenvalue weighted by molar-refractivity contribution is 0.563. The predicted octanol–water partition coefficient (Wildman–Crippen LogP) is 3.90. The van der Waals surface area contributed by atoms with Crippen LogP contribution >= 0.6 is 11.8 Å². The first kappa shape index (κ1) is 14.0. The first-order chi connectivity index (χ1) is 9.16. The molecule has 0 amide bonds. The van der Waals surface area contributed by atoms with E-state index in [1.807, 2.05) is 30.3 Å². The molecule has 1 unspecified atom stereocenters. The van der Waals surface area contributed by atoms with Gasteiger partial charge in [-0.1, -0.05) is 36.4 Å². The summed E-state index contributed by atoms with van der Waals surface area (Å²) < 4.78 is 26.3. The Kier molecular flexibility index (Phi) is 4.93. The predicted molar refractivity (Wildman–Crippen MR) is 75.9 cm³/mol. The van der Waals surface area contributed by atoms with Crippen molar-refractivity contribution in [2.45, 2.75) is 11.8 Å². The zero-order valence-corrected chi connectivity index (χ0v) is 11.2. The van der Waals surface area contributed by atoms with Gasteiger partial charge in [-0.05, 0) is 11.6 Å². The van der Waals surface area contributed by atoms with Gasteiger partial charge in [0.05, 0.1) is 0 Å². The fourth-order valence-electron chi connectivity index (χ4n) is 1.77. The van der Waals surface area contributed by atoms with E-state index >= 15 is 0 Å². The fourth-order valence-corrected chi connectivity index (χ4v) is 2.75. The van der Waals surface area contributed by atoms with Crippen LogP contribution in [0.1, 0.15) is 17.2 Å². The lowest BCUT2D eigenvalue weighted by Gasteiger charge is -2.12. The van der Waals surface area contributed by atoms with Gasteiger partial charge in [0.15, 0.2) is 0 Å². The van der Waals surface area contributed by atoms with Gasteiger partial charge in [0.2, 0.25) is 0 Å². The molecule has 1 nitrogen and oxygen atoms in total. The van der Waals surface area contributed by atoms with Gasteiger partial charge in [-0.25, -0.2) is 8.78 Å². The third kappa shape index (κ3) is 4.04. The molecule has 0 fully saturated rings. The highest BCUT2D eigenvalue weighted by molar-refractivity contribution is 7.98. The number of thioether (sulfide) groups is 1. The number of hydrogen-bond acceptors (Lipinski definition) is 2. The molecule has 2 N–H and O–H groups in total. The molecule has 2 aromatic carbocycles. The van der Waals surface area contributed by atoms with Crippen molar-refractivity contribution < 1.29 is 8.78 Å². The second kappa shape index (κ2) is 6.68. The fraction of sp³-hybridized carbons (Fsp3) is 0.200. The molecule has 1 atom stereocenters. The molecule has 0 saturated heterocycles. The molecule has 0 aromatic heterocycles. The van der Waals surface area contributed by atoms with Gasteiger partial charge in [0.1, 0.15) is 11.6 Å². The van der Waals surface area contributed by atoms with Crippen molar-refractivity contribution in [2.24, 2.45) is 5.73 Å². The van der Waals surface area contributed by atoms with Crippen LogP contribution in [0.15, 0.2) is 48.5 Å². The molecule has 2 rings (SSSR count). The Balaban J connectivity index is 1.89. The summed E-state index contributed by atoms with van der Waals surface area (Å²) in [6.07, 6.45) is 0. The number of rotatable bonds is 5. The van der Waals surface area contributed by atoms with Gasteiger partial charge in [-0.3, -0.25) is 0 Å². The van der Waals surface area contributed by atoms with Crippen LogP contribution in [-0.2, 0) is 5.75 Å². The minimum atomic E-state index is -0.578. The summed E-state index contributed by atoms with van der Waals surface area (Å²) >= 11 is 1.64. The van der Waals surface area contributed by atoms with Crippen LogP contribution in [0.3, 0.4) is 0 Å². The van der Waals surface area contributed by atoms with Crippen molar-refractivity contribution in [1.29, 1.82) is 0 Å². The first-order valence-corrected chi connectivity index (χ1v) is 7.14. The Labute approximate surface area is 115 Å². The quantitative estimate of drug-likeness (QED) is 0.898. The number of benzene rings is 2. The van der Waals surface area contributed by atoms with Crippen molar-refractivity contribution in [2.75, 3.05) is 5.75 Å². The maximum atomic E-state index is 13.5. The molecule has 0 spiro atoms. The smallest absolute Gasteiger partial charge is 0.130 e. The summed E-state index contributed by atoms with van der Waals surface area (Å²) in [4.78, 5) is 0. The van der Waals surface area contributed by atoms with E-state index in [0.29, 0.717) is 11.3 Å². The highest BCUT2D eigenvalue weighted by Gasteiger charge is 2.12. The van der Waals surface area contributed by atoms with Gasteiger partial charge < -0.3 is 5.73 Å². The van der Waals surface area contributed by atoms with E-state index in [2.05, 4.69) is 0 Å². The van der Waals surface area contributed by atoms with Gasteiger partial charge >= 0.3 is 0 Å². The normalized spacial score (nSPS) is 12.4. The third-order valence-corrected chi connectivity index (χ3v) is 3.90. The van der Waals surface area contributed by atoms with Crippen molar-refractivity contribution in [3.8, 4) is 0 Å². The minimum absolute atomic E-state index is 0.363. The van der Waals surface area contributed by atoms with E-state index in [1.165, 1.54) is 17.7 Å². The second-order valence-corrected chi connectivity index (χ2v) is 5.30. The molecule has 19 heavy (non-hydrogen) atoms. The van der Waals surface area contributed by atoms with Crippen LogP contribution in [0, 0.1) is 11.6 Å². The topological polar surface area (TPSA) is 26.0 Å². The number of halogens is 2. The molecular formula is C15H15F2NS. The summed E-state index contributed by atoms with van der Waals surface area (Å²) in [6, 6.07) is 13.1. The van der Waals surface area contributed by atoms with Crippen LogP contribution in [0.2, 0.25) is 0 Å². The van der Waals surface area contributed by atoms with Crippen molar-refractivity contribution >= 4 is 11.8 Å². The Morgan fingerprint density at radius 3 is 2.47 bits per heavy atom. The highest BCUT2D eigenvalue weighted by Crippen LogP contribution is 2.22. The molecule has 0 aliphatic rings. The van der Waals surface area contributed by atoms with E-state index in [1.54, 1.807) is 11.8 Å². The van der Waals surface area contributed by atoms with Gasteiger partial charge in [-0.15, -0.1) is 0 Å².